The summed E-state index contributed by atoms with van der Waals surface area (Å²) in [5.41, 5.74) is 0.962. The van der Waals surface area contributed by atoms with Gasteiger partial charge in [0.2, 0.25) is 11.8 Å². The van der Waals surface area contributed by atoms with Gasteiger partial charge in [-0.2, -0.15) is 0 Å². The maximum absolute atomic E-state index is 13.1. The zero-order chi connectivity index (χ0) is 21.7. The van der Waals surface area contributed by atoms with Crippen LogP contribution in [0.25, 0.3) is 0 Å². The van der Waals surface area contributed by atoms with Crippen LogP contribution in [0.2, 0.25) is 0 Å². The average molecular weight is 417 g/mol. The highest BCUT2D eigenvalue weighted by Crippen LogP contribution is 2.40. The number of carbonyl (C=O) groups is 2. The lowest BCUT2D eigenvalue weighted by atomic mass is 9.87. The zero-order valence-corrected chi connectivity index (χ0v) is 18.8. The highest BCUT2D eigenvalue weighted by atomic mass is 16.5. The van der Waals surface area contributed by atoms with Gasteiger partial charge in [0.05, 0.1) is 20.1 Å². The standard InChI is InChI=1S/C24H36N2O4/c1-16(2)11-12-25-23(27)21-15-26(24(28)17-7-5-6-8-17)14-20(21)19-10-9-18(29-3)13-22(19)30-4/h9-10,13,16-17,20-21H,5-8,11-12,14-15H2,1-4H3,(H,25,27). The Balaban J connectivity index is 1.82. The summed E-state index contributed by atoms with van der Waals surface area (Å²) in [7, 11) is 3.25. The summed E-state index contributed by atoms with van der Waals surface area (Å²) in [4.78, 5) is 28.1. The first-order valence-electron chi connectivity index (χ1n) is 11.2. The molecule has 1 N–H and O–H groups in total. The fraction of sp³-hybridized carbons (Fsp3) is 0.667. The molecule has 1 aliphatic heterocycles. The van der Waals surface area contributed by atoms with Gasteiger partial charge in [0.15, 0.2) is 0 Å². The predicted molar refractivity (Wildman–Crippen MR) is 117 cm³/mol. The van der Waals surface area contributed by atoms with Gasteiger partial charge in [0, 0.05) is 43.1 Å². The Hall–Kier alpha value is -2.24. The first-order chi connectivity index (χ1) is 14.4. The van der Waals surface area contributed by atoms with E-state index < -0.39 is 0 Å². The molecular formula is C24H36N2O4. The molecule has 30 heavy (non-hydrogen) atoms. The van der Waals surface area contributed by atoms with Crippen molar-refractivity contribution in [2.75, 3.05) is 33.9 Å². The third-order valence-electron chi connectivity index (χ3n) is 6.53. The number of rotatable bonds is 8. The maximum Gasteiger partial charge on any atom is 0.225 e. The lowest BCUT2D eigenvalue weighted by molar-refractivity contribution is -0.134. The summed E-state index contributed by atoms with van der Waals surface area (Å²) in [6.45, 7) is 5.99. The molecule has 2 aliphatic rings. The van der Waals surface area contributed by atoms with E-state index in [1.165, 1.54) is 0 Å². The van der Waals surface area contributed by atoms with E-state index >= 15 is 0 Å². The molecule has 2 fully saturated rings. The van der Waals surface area contributed by atoms with Crippen LogP contribution in [-0.2, 0) is 9.59 Å². The number of amides is 2. The van der Waals surface area contributed by atoms with Crippen molar-refractivity contribution < 1.29 is 19.1 Å². The third-order valence-corrected chi connectivity index (χ3v) is 6.53. The quantitative estimate of drug-likeness (QED) is 0.703. The van der Waals surface area contributed by atoms with Crippen LogP contribution in [0.15, 0.2) is 18.2 Å². The normalized spacial score (nSPS) is 21.8. The van der Waals surface area contributed by atoms with Gasteiger partial charge in [-0.05, 0) is 31.2 Å². The second kappa shape index (κ2) is 10.2. The molecule has 1 saturated heterocycles. The molecule has 1 aromatic rings. The van der Waals surface area contributed by atoms with Gasteiger partial charge in [0.1, 0.15) is 11.5 Å². The van der Waals surface area contributed by atoms with E-state index in [1.807, 2.05) is 23.1 Å². The van der Waals surface area contributed by atoms with Crippen molar-refractivity contribution in [2.45, 2.75) is 51.9 Å². The lowest BCUT2D eigenvalue weighted by Crippen LogP contribution is -2.37. The minimum absolute atomic E-state index is 0.0280. The van der Waals surface area contributed by atoms with Crippen LogP contribution in [0.4, 0.5) is 0 Å². The molecule has 0 bridgehead atoms. The molecule has 2 atom stereocenters. The van der Waals surface area contributed by atoms with Gasteiger partial charge in [-0.1, -0.05) is 32.8 Å². The minimum Gasteiger partial charge on any atom is -0.497 e. The van der Waals surface area contributed by atoms with Crippen LogP contribution >= 0.6 is 0 Å². The van der Waals surface area contributed by atoms with Crippen molar-refractivity contribution in [2.24, 2.45) is 17.8 Å². The molecular weight excluding hydrogens is 380 g/mol. The van der Waals surface area contributed by atoms with Crippen molar-refractivity contribution in [3.63, 3.8) is 0 Å². The Morgan fingerprint density at radius 1 is 1.13 bits per heavy atom. The molecule has 0 radical (unpaired) electrons. The van der Waals surface area contributed by atoms with E-state index in [4.69, 9.17) is 9.47 Å². The summed E-state index contributed by atoms with van der Waals surface area (Å²) in [5, 5.41) is 3.10. The van der Waals surface area contributed by atoms with Crippen LogP contribution in [0.5, 0.6) is 11.5 Å². The van der Waals surface area contributed by atoms with Crippen molar-refractivity contribution in [3.8, 4) is 11.5 Å². The summed E-state index contributed by atoms with van der Waals surface area (Å²) in [5.74, 6) is 1.95. The Morgan fingerprint density at radius 3 is 2.50 bits per heavy atom. The maximum atomic E-state index is 13.1. The van der Waals surface area contributed by atoms with Crippen molar-refractivity contribution in [3.05, 3.63) is 23.8 Å². The Labute approximate surface area is 180 Å². The number of hydrogen-bond acceptors (Lipinski definition) is 4. The molecule has 0 spiro atoms. The lowest BCUT2D eigenvalue weighted by Gasteiger charge is -2.21. The van der Waals surface area contributed by atoms with E-state index in [0.29, 0.717) is 37.1 Å². The second-order valence-corrected chi connectivity index (χ2v) is 9.02. The molecule has 1 aromatic carbocycles. The number of nitrogens with zero attached hydrogens (tertiary/aromatic N) is 1. The molecule has 1 aliphatic carbocycles. The molecule has 166 valence electrons. The Morgan fingerprint density at radius 2 is 1.87 bits per heavy atom. The highest BCUT2D eigenvalue weighted by molar-refractivity contribution is 5.84. The van der Waals surface area contributed by atoms with Crippen LogP contribution in [0.3, 0.4) is 0 Å². The minimum atomic E-state index is -0.273. The van der Waals surface area contributed by atoms with E-state index in [0.717, 1.165) is 37.7 Å². The molecule has 2 amide bonds. The summed E-state index contributed by atoms with van der Waals surface area (Å²) in [6.07, 6.45) is 5.13. The molecule has 6 nitrogen and oxygen atoms in total. The fourth-order valence-electron chi connectivity index (χ4n) is 4.74. The number of benzene rings is 1. The van der Waals surface area contributed by atoms with Crippen LogP contribution in [0.1, 0.15) is 57.4 Å². The molecule has 3 rings (SSSR count). The summed E-state index contributed by atoms with van der Waals surface area (Å²) >= 11 is 0. The third kappa shape index (κ3) is 5.08. The van der Waals surface area contributed by atoms with Crippen molar-refractivity contribution >= 4 is 11.8 Å². The Bertz CT molecular complexity index is 743. The first kappa shape index (κ1) is 22.4. The number of ether oxygens (including phenoxy) is 2. The first-order valence-corrected chi connectivity index (χ1v) is 11.2. The van der Waals surface area contributed by atoms with Crippen LogP contribution < -0.4 is 14.8 Å². The average Bonchev–Trinajstić information content (AvgIpc) is 3.42. The zero-order valence-electron chi connectivity index (χ0n) is 18.8. The smallest absolute Gasteiger partial charge is 0.225 e. The monoisotopic (exact) mass is 416 g/mol. The highest BCUT2D eigenvalue weighted by Gasteiger charge is 2.43. The van der Waals surface area contributed by atoms with E-state index in [-0.39, 0.29) is 29.6 Å². The van der Waals surface area contributed by atoms with Crippen molar-refractivity contribution in [1.29, 1.82) is 0 Å². The van der Waals surface area contributed by atoms with Crippen molar-refractivity contribution in [1.82, 2.24) is 10.2 Å². The largest absolute Gasteiger partial charge is 0.497 e. The number of methoxy groups -OCH3 is 2. The number of likely N-dealkylation sites (tertiary alicyclic amines) is 1. The predicted octanol–water partition coefficient (Wildman–Crippen LogP) is 3.60. The number of nitrogens with one attached hydrogen (secondary N) is 1. The summed E-state index contributed by atoms with van der Waals surface area (Å²) < 4.78 is 10.9. The van der Waals surface area contributed by atoms with E-state index in [1.54, 1.807) is 14.2 Å². The van der Waals surface area contributed by atoms with Gasteiger partial charge >= 0.3 is 0 Å². The SMILES string of the molecule is COc1ccc(C2CN(C(=O)C3CCCC3)CC2C(=O)NCCC(C)C)c(OC)c1. The van der Waals surface area contributed by atoms with Gasteiger partial charge in [-0.3, -0.25) is 9.59 Å². The van der Waals surface area contributed by atoms with Gasteiger partial charge in [-0.25, -0.2) is 0 Å². The van der Waals surface area contributed by atoms with Gasteiger partial charge in [0.25, 0.3) is 0 Å². The molecule has 1 heterocycles. The summed E-state index contributed by atoms with van der Waals surface area (Å²) in [6, 6.07) is 5.72. The number of hydrogen-bond donors (Lipinski definition) is 1. The van der Waals surface area contributed by atoms with E-state index in [2.05, 4.69) is 19.2 Å². The van der Waals surface area contributed by atoms with E-state index in [9.17, 15) is 9.59 Å². The topological polar surface area (TPSA) is 67.9 Å². The van der Waals surface area contributed by atoms with Crippen LogP contribution in [-0.4, -0.2) is 50.6 Å². The molecule has 2 unspecified atom stereocenters. The molecule has 1 saturated carbocycles. The second-order valence-electron chi connectivity index (χ2n) is 9.02. The fourth-order valence-corrected chi connectivity index (χ4v) is 4.74. The van der Waals surface area contributed by atoms with Crippen LogP contribution in [0, 0.1) is 17.8 Å². The molecule has 6 heteroatoms. The molecule has 0 aromatic heterocycles. The number of carbonyl (C=O) groups excluding carboxylic acids is 2. The Kier molecular flexibility index (Phi) is 7.62. The van der Waals surface area contributed by atoms with Gasteiger partial charge in [-0.15, -0.1) is 0 Å². The van der Waals surface area contributed by atoms with Gasteiger partial charge < -0.3 is 19.7 Å².